The third kappa shape index (κ3) is 2.25. The predicted molar refractivity (Wildman–Crippen MR) is 94.6 cm³/mol. The molecule has 3 aliphatic rings. The highest BCUT2D eigenvalue weighted by molar-refractivity contribution is 6.31. The summed E-state index contributed by atoms with van der Waals surface area (Å²) in [7, 11) is 0. The topological polar surface area (TPSA) is 172 Å². The maximum Gasteiger partial charge on any atom is 0.235 e. The van der Waals surface area contributed by atoms with E-state index in [-0.39, 0.29) is 11.3 Å². The number of aliphatic hydroxyl groups excluding tert-OH is 1. The number of hydrogen-bond donors (Lipinski definition) is 4. The largest absolute Gasteiger partial charge is 0.507 e. The van der Waals surface area contributed by atoms with Gasteiger partial charge in [0, 0.05) is 18.3 Å². The lowest BCUT2D eigenvalue weighted by Crippen LogP contribution is -2.72. The summed E-state index contributed by atoms with van der Waals surface area (Å²) in [6.45, 7) is 1.65. The molecule has 7 atom stereocenters. The molecule has 2 saturated carbocycles. The molecule has 29 heavy (non-hydrogen) atoms. The first-order chi connectivity index (χ1) is 13.5. The van der Waals surface area contributed by atoms with Gasteiger partial charge in [0.25, 0.3) is 0 Å². The average molecular weight is 401 g/mol. The Bertz CT molecular complexity index is 1000. The average Bonchev–Trinajstić information content (AvgIpc) is 2.65. The quantitative estimate of drug-likeness (QED) is 0.427. The fourth-order valence-corrected chi connectivity index (χ4v) is 5.32. The molecule has 4 unspecified atom stereocenters. The molecule has 0 bridgehead atoms. The number of phenolic OH excluding ortho intramolecular Hbond substituents is 1. The van der Waals surface area contributed by atoms with Crippen molar-refractivity contribution in [1.29, 1.82) is 0 Å². The number of carbonyl (C=O) groups is 5. The van der Waals surface area contributed by atoms with Gasteiger partial charge < -0.3 is 21.1 Å². The van der Waals surface area contributed by atoms with E-state index in [1.807, 2.05) is 0 Å². The maximum absolute atomic E-state index is 13.3. The van der Waals surface area contributed by atoms with E-state index in [4.69, 9.17) is 5.73 Å². The molecule has 1 aromatic carbocycles. The normalized spacial score (nSPS) is 38.9. The number of Topliss-reactive ketones (excluding diaryl/α,β-unsaturated/α-hetero) is 4. The Balaban J connectivity index is 1.90. The summed E-state index contributed by atoms with van der Waals surface area (Å²) in [5.41, 5.74) is 2.55. The van der Waals surface area contributed by atoms with Crippen LogP contribution in [0.15, 0.2) is 18.2 Å². The molecule has 0 aliphatic heterocycles. The van der Waals surface area contributed by atoms with Crippen molar-refractivity contribution < 1.29 is 39.3 Å². The number of aliphatic hydroxyl groups is 2. The second-order valence-electron chi connectivity index (χ2n) is 8.05. The van der Waals surface area contributed by atoms with E-state index in [1.165, 1.54) is 12.1 Å². The zero-order valence-electron chi connectivity index (χ0n) is 15.4. The lowest BCUT2D eigenvalue weighted by Gasteiger charge is -2.52. The molecule has 1 aromatic rings. The van der Waals surface area contributed by atoms with Gasteiger partial charge in [-0.3, -0.25) is 24.0 Å². The minimum atomic E-state index is -2.88. The van der Waals surface area contributed by atoms with E-state index < -0.39 is 76.8 Å². The molecule has 0 spiro atoms. The van der Waals surface area contributed by atoms with Crippen molar-refractivity contribution in [2.24, 2.45) is 29.4 Å². The fourth-order valence-electron chi connectivity index (χ4n) is 5.32. The second-order valence-corrected chi connectivity index (χ2v) is 8.05. The Morgan fingerprint density at radius 2 is 1.83 bits per heavy atom. The fraction of sp³-hybridized carbons (Fsp3) is 0.450. The first-order valence-corrected chi connectivity index (χ1v) is 9.20. The Kier molecular flexibility index (Phi) is 4.04. The molecule has 9 nitrogen and oxygen atoms in total. The highest BCUT2D eigenvalue weighted by Gasteiger charge is 2.69. The minimum Gasteiger partial charge on any atom is -0.507 e. The summed E-state index contributed by atoms with van der Waals surface area (Å²) in [6.07, 6.45) is -2.14. The van der Waals surface area contributed by atoms with E-state index in [0.717, 1.165) is 0 Å². The number of primary amides is 1. The lowest BCUT2D eigenvalue weighted by molar-refractivity contribution is -0.189. The number of amides is 1. The van der Waals surface area contributed by atoms with Crippen LogP contribution in [0.3, 0.4) is 0 Å². The molecule has 0 radical (unpaired) electrons. The van der Waals surface area contributed by atoms with Crippen LogP contribution in [0, 0.1) is 23.7 Å². The van der Waals surface area contributed by atoms with Gasteiger partial charge in [0.2, 0.25) is 5.91 Å². The molecule has 9 heteroatoms. The number of fused-ring (bicyclic) bond motifs is 3. The number of nitrogens with two attached hydrogens (primary N) is 1. The van der Waals surface area contributed by atoms with Crippen molar-refractivity contribution in [3.63, 3.8) is 0 Å². The molecule has 3 aliphatic carbocycles. The minimum absolute atomic E-state index is 0.102. The van der Waals surface area contributed by atoms with Crippen molar-refractivity contribution in [2.75, 3.05) is 0 Å². The molecule has 5 N–H and O–H groups in total. The SMILES string of the molecule is C[C@H]1c2cccc(O)c2C(=O)C2C(=O)[C@]3(O)C(=O)C(C(N)=O)C(=O)CC3[C@@H](O)C21. The molecular formula is C20H19NO8. The van der Waals surface area contributed by atoms with Gasteiger partial charge in [0.1, 0.15) is 5.75 Å². The standard InChI is InChI=1S/C20H19NO8/c1-6-7-3-2-4-9(22)12(7)16(25)14-11(6)15(24)8-5-10(23)13(19(21)28)17(26)20(8,29)18(14)27/h2-4,6,8,11,13-15,22,24,29H,5H2,1H3,(H2,21,28)/t6-,8?,11?,13?,14?,15+,20+/m0/s1. The van der Waals surface area contributed by atoms with E-state index in [9.17, 15) is 39.3 Å². The third-order valence-corrected chi connectivity index (χ3v) is 6.72. The van der Waals surface area contributed by atoms with Gasteiger partial charge in [0.05, 0.1) is 17.6 Å². The van der Waals surface area contributed by atoms with E-state index in [0.29, 0.717) is 5.56 Å². The van der Waals surface area contributed by atoms with Crippen LogP contribution in [0.4, 0.5) is 0 Å². The smallest absolute Gasteiger partial charge is 0.235 e. The molecule has 0 heterocycles. The van der Waals surface area contributed by atoms with Gasteiger partial charge in [-0.05, 0) is 17.5 Å². The Morgan fingerprint density at radius 1 is 1.17 bits per heavy atom. The molecule has 2 fully saturated rings. The summed E-state index contributed by atoms with van der Waals surface area (Å²) >= 11 is 0. The number of carbonyl (C=O) groups excluding carboxylic acids is 5. The van der Waals surface area contributed by atoms with Crippen LogP contribution < -0.4 is 5.73 Å². The van der Waals surface area contributed by atoms with Crippen LogP contribution >= 0.6 is 0 Å². The first kappa shape index (κ1) is 19.4. The summed E-state index contributed by atoms with van der Waals surface area (Å²) in [4.78, 5) is 63.1. The zero-order valence-corrected chi connectivity index (χ0v) is 15.4. The number of hydrogen-bond acceptors (Lipinski definition) is 8. The summed E-state index contributed by atoms with van der Waals surface area (Å²) in [6, 6.07) is 4.39. The monoisotopic (exact) mass is 401 g/mol. The molecule has 0 saturated heterocycles. The highest BCUT2D eigenvalue weighted by Crippen LogP contribution is 2.53. The van der Waals surface area contributed by atoms with E-state index in [1.54, 1.807) is 13.0 Å². The summed E-state index contributed by atoms with van der Waals surface area (Å²) < 4.78 is 0. The van der Waals surface area contributed by atoms with Crippen molar-refractivity contribution in [2.45, 2.75) is 31.0 Å². The summed E-state index contributed by atoms with van der Waals surface area (Å²) in [5, 5.41) is 32.2. The highest BCUT2D eigenvalue weighted by atomic mass is 16.3. The Morgan fingerprint density at radius 3 is 2.45 bits per heavy atom. The van der Waals surface area contributed by atoms with Crippen LogP contribution in [0.2, 0.25) is 0 Å². The summed E-state index contributed by atoms with van der Waals surface area (Å²) in [5.74, 6) is -12.6. The van der Waals surface area contributed by atoms with Crippen molar-refractivity contribution in [3.8, 4) is 5.75 Å². The Labute approximate surface area is 164 Å². The van der Waals surface area contributed by atoms with Gasteiger partial charge in [-0.15, -0.1) is 0 Å². The zero-order chi connectivity index (χ0) is 21.4. The van der Waals surface area contributed by atoms with E-state index in [2.05, 4.69) is 0 Å². The Hall–Kier alpha value is -2.91. The molecule has 152 valence electrons. The van der Waals surface area contributed by atoms with Crippen LogP contribution in [-0.2, 0) is 19.2 Å². The van der Waals surface area contributed by atoms with Gasteiger partial charge in [-0.1, -0.05) is 19.1 Å². The van der Waals surface area contributed by atoms with Gasteiger partial charge in [-0.25, -0.2) is 0 Å². The molecular weight excluding hydrogens is 382 g/mol. The van der Waals surface area contributed by atoms with Crippen molar-refractivity contribution in [3.05, 3.63) is 29.3 Å². The lowest BCUT2D eigenvalue weighted by atomic mass is 9.50. The number of phenols is 1. The predicted octanol–water partition coefficient (Wildman–Crippen LogP) is -1.14. The molecule has 1 amide bonds. The number of aromatic hydroxyl groups is 1. The second kappa shape index (κ2) is 6.04. The number of rotatable bonds is 1. The van der Waals surface area contributed by atoms with E-state index >= 15 is 0 Å². The number of ketones is 4. The van der Waals surface area contributed by atoms with Crippen LogP contribution in [0.1, 0.15) is 35.2 Å². The maximum atomic E-state index is 13.3. The van der Waals surface area contributed by atoms with Crippen LogP contribution in [0.5, 0.6) is 5.75 Å². The third-order valence-electron chi connectivity index (χ3n) is 6.72. The van der Waals surface area contributed by atoms with Crippen molar-refractivity contribution >= 4 is 29.0 Å². The van der Waals surface area contributed by atoms with Gasteiger partial charge in [-0.2, -0.15) is 0 Å². The molecule has 0 aromatic heterocycles. The van der Waals surface area contributed by atoms with Gasteiger partial charge in [0.15, 0.2) is 34.7 Å². The van der Waals surface area contributed by atoms with Gasteiger partial charge >= 0.3 is 0 Å². The first-order valence-electron chi connectivity index (χ1n) is 9.20. The van der Waals surface area contributed by atoms with Crippen molar-refractivity contribution in [1.82, 2.24) is 0 Å². The number of benzene rings is 1. The molecule has 4 rings (SSSR count). The van der Waals surface area contributed by atoms with Crippen LogP contribution in [0.25, 0.3) is 0 Å². The van der Waals surface area contributed by atoms with Crippen LogP contribution in [-0.4, -0.2) is 56.1 Å².